The summed E-state index contributed by atoms with van der Waals surface area (Å²) in [6.45, 7) is 6.82. The molecule has 0 radical (unpaired) electrons. The normalized spacial score (nSPS) is 21.7. The minimum Gasteiger partial charge on any atom is -0.469 e. The summed E-state index contributed by atoms with van der Waals surface area (Å²) in [4.78, 5) is 40.3. The van der Waals surface area contributed by atoms with Gasteiger partial charge in [0.05, 0.1) is 7.11 Å². The Morgan fingerprint density at radius 1 is 1.06 bits per heavy atom. The highest BCUT2D eigenvalue weighted by Crippen LogP contribution is 2.33. The van der Waals surface area contributed by atoms with Crippen LogP contribution in [0.1, 0.15) is 92.9 Å². The average molecular weight is 495 g/mol. The van der Waals surface area contributed by atoms with Crippen molar-refractivity contribution in [3.63, 3.8) is 0 Å². The molecule has 2 heterocycles. The molecule has 9 nitrogen and oxygen atoms in total. The van der Waals surface area contributed by atoms with Crippen LogP contribution in [-0.4, -0.2) is 76.9 Å². The van der Waals surface area contributed by atoms with Crippen LogP contribution in [0.2, 0.25) is 0 Å². The smallest absolute Gasteiger partial charge is 0.410 e. The van der Waals surface area contributed by atoms with E-state index in [1.165, 1.54) is 18.4 Å². The summed E-state index contributed by atoms with van der Waals surface area (Å²) in [6, 6.07) is 0.186. The summed E-state index contributed by atoms with van der Waals surface area (Å²) in [6.07, 6.45) is 6.50. The van der Waals surface area contributed by atoms with Gasteiger partial charge in [-0.25, -0.2) is 4.79 Å². The van der Waals surface area contributed by atoms with Gasteiger partial charge in [-0.1, -0.05) is 11.3 Å². The average Bonchev–Trinajstić information content (AvgIpc) is 3.31. The summed E-state index contributed by atoms with van der Waals surface area (Å²) >= 11 is 1.37. The molecule has 2 aliphatic rings. The molecule has 1 saturated heterocycles. The number of ether oxygens (including phenoxy) is 2. The molecule has 0 atom stereocenters. The third-order valence-corrected chi connectivity index (χ3v) is 7.86. The Labute approximate surface area is 206 Å². The first-order valence-corrected chi connectivity index (χ1v) is 13.0. The molecule has 0 bridgehead atoms. The van der Waals surface area contributed by atoms with E-state index >= 15 is 0 Å². The van der Waals surface area contributed by atoms with Crippen molar-refractivity contribution < 1.29 is 23.9 Å². The molecule has 10 heteroatoms. The number of carbonyl (C=O) groups excluding carboxylic acids is 3. The van der Waals surface area contributed by atoms with Crippen molar-refractivity contribution in [3.05, 3.63) is 10.0 Å². The Bertz CT molecular complexity index is 852. The second kappa shape index (κ2) is 11.5. The van der Waals surface area contributed by atoms with Gasteiger partial charge in [-0.2, -0.15) is 0 Å². The van der Waals surface area contributed by atoms with E-state index in [2.05, 4.69) is 10.2 Å². The molecule has 1 aromatic heterocycles. The highest BCUT2D eigenvalue weighted by Gasteiger charge is 2.32. The first-order chi connectivity index (χ1) is 16.1. The monoisotopic (exact) mass is 494 g/mol. The molecule has 2 fully saturated rings. The van der Waals surface area contributed by atoms with Gasteiger partial charge >= 0.3 is 12.1 Å². The molecule has 0 aromatic carbocycles. The van der Waals surface area contributed by atoms with Gasteiger partial charge in [-0.15, -0.1) is 10.2 Å². The Kier molecular flexibility index (Phi) is 8.89. The van der Waals surface area contributed by atoms with Crippen LogP contribution in [0, 0.1) is 5.92 Å². The van der Waals surface area contributed by atoms with Gasteiger partial charge in [0, 0.05) is 38.5 Å². The second-order valence-corrected chi connectivity index (χ2v) is 11.4. The van der Waals surface area contributed by atoms with Gasteiger partial charge in [-0.3, -0.25) is 9.59 Å². The summed E-state index contributed by atoms with van der Waals surface area (Å²) in [5.74, 6) is 0.483. The number of carbonyl (C=O) groups is 3. The number of aromatic nitrogens is 2. The topological polar surface area (TPSA) is 102 Å². The van der Waals surface area contributed by atoms with Crippen molar-refractivity contribution in [3.8, 4) is 0 Å². The number of hydrogen-bond donors (Lipinski definition) is 0. The highest BCUT2D eigenvalue weighted by atomic mass is 32.1. The van der Waals surface area contributed by atoms with Crippen molar-refractivity contribution in [1.82, 2.24) is 20.0 Å². The van der Waals surface area contributed by atoms with Crippen molar-refractivity contribution in [1.29, 1.82) is 0 Å². The quantitative estimate of drug-likeness (QED) is 0.545. The van der Waals surface area contributed by atoms with E-state index in [4.69, 9.17) is 9.47 Å². The molecule has 3 rings (SSSR count). The maximum Gasteiger partial charge on any atom is 0.410 e. The van der Waals surface area contributed by atoms with Gasteiger partial charge in [0.2, 0.25) is 5.01 Å². The van der Waals surface area contributed by atoms with E-state index in [1.807, 2.05) is 32.7 Å². The van der Waals surface area contributed by atoms with E-state index in [-0.39, 0.29) is 29.9 Å². The molecule has 34 heavy (non-hydrogen) atoms. The predicted octanol–water partition coefficient (Wildman–Crippen LogP) is 4.24. The minimum absolute atomic E-state index is 0.0760. The third-order valence-electron chi connectivity index (χ3n) is 6.79. The molecular weight excluding hydrogens is 456 g/mol. The van der Waals surface area contributed by atoms with Crippen molar-refractivity contribution in [2.24, 2.45) is 5.92 Å². The fourth-order valence-electron chi connectivity index (χ4n) is 4.68. The zero-order chi connectivity index (χ0) is 24.9. The summed E-state index contributed by atoms with van der Waals surface area (Å²) in [5.41, 5.74) is -0.503. The van der Waals surface area contributed by atoms with Crippen LogP contribution >= 0.6 is 11.3 Å². The zero-order valence-corrected chi connectivity index (χ0v) is 21.9. The summed E-state index contributed by atoms with van der Waals surface area (Å²) < 4.78 is 10.2. The minimum atomic E-state index is -0.503. The van der Waals surface area contributed by atoms with E-state index in [1.54, 1.807) is 4.90 Å². The number of amides is 2. The molecule has 1 saturated carbocycles. The number of methoxy groups -OCH3 is 1. The van der Waals surface area contributed by atoms with Gasteiger partial charge < -0.3 is 19.3 Å². The third kappa shape index (κ3) is 7.13. The van der Waals surface area contributed by atoms with Crippen LogP contribution in [0.3, 0.4) is 0 Å². The molecule has 0 unspecified atom stereocenters. The molecular formula is C24H38N4O5S. The number of nitrogens with zero attached hydrogens (tertiary/aromatic N) is 4. The lowest BCUT2D eigenvalue weighted by Crippen LogP contribution is -2.41. The lowest BCUT2D eigenvalue weighted by molar-refractivity contribution is -0.141. The SMILES string of the molecule is COC(=O)CC[C@H]1CC[C@H](N(C)C(=O)c2nnc(C3CCN(C(=O)OC(C)(C)C)CC3)s2)CC1. The number of esters is 1. The Morgan fingerprint density at radius 3 is 2.29 bits per heavy atom. The van der Waals surface area contributed by atoms with Gasteiger partial charge in [0.15, 0.2) is 0 Å². The van der Waals surface area contributed by atoms with E-state index < -0.39 is 5.60 Å². The number of hydrogen-bond acceptors (Lipinski definition) is 8. The lowest BCUT2D eigenvalue weighted by atomic mass is 9.83. The summed E-state index contributed by atoms with van der Waals surface area (Å²) in [7, 11) is 3.27. The fraction of sp³-hybridized carbons (Fsp3) is 0.792. The summed E-state index contributed by atoms with van der Waals surface area (Å²) in [5, 5.41) is 9.82. The van der Waals surface area contributed by atoms with Crippen molar-refractivity contribution >= 4 is 29.3 Å². The first-order valence-electron chi connectivity index (χ1n) is 12.2. The number of rotatable bonds is 6. The Hall–Kier alpha value is -2.23. The second-order valence-electron chi connectivity index (χ2n) is 10.4. The van der Waals surface area contributed by atoms with E-state index in [0.717, 1.165) is 50.0 Å². The largest absolute Gasteiger partial charge is 0.469 e. The van der Waals surface area contributed by atoms with Gasteiger partial charge in [0.25, 0.3) is 5.91 Å². The maximum absolute atomic E-state index is 13.1. The molecule has 1 aromatic rings. The first kappa shape index (κ1) is 26.4. The molecule has 0 spiro atoms. The molecule has 0 N–H and O–H groups in total. The predicted molar refractivity (Wildman–Crippen MR) is 129 cm³/mol. The van der Waals surface area contributed by atoms with Crippen molar-refractivity contribution in [2.75, 3.05) is 27.2 Å². The van der Waals surface area contributed by atoms with Gasteiger partial charge in [0.1, 0.15) is 10.6 Å². The van der Waals surface area contributed by atoms with Crippen molar-refractivity contribution in [2.45, 2.75) is 89.7 Å². The van der Waals surface area contributed by atoms with Crippen LogP contribution < -0.4 is 0 Å². The number of likely N-dealkylation sites (tertiary alicyclic amines) is 1. The van der Waals surface area contributed by atoms with Crippen LogP contribution in [0.15, 0.2) is 0 Å². The maximum atomic E-state index is 13.1. The van der Waals surface area contributed by atoms with Crippen LogP contribution in [0.5, 0.6) is 0 Å². The Balaban J connectivity index is 1.47. The molecule has 2 amide bonds. The van der Waals surface area contributed by atoms with Gasteiger partial charge in [-0.05, 0) is 71.6 Å². The number of piperidine rings is 1. The van der Waals surface area contributed by atoms with Crippen LogP contribution in [0.4, 0.5) is 4.79 Å². The zero-order valence-electron chi connectivity index (χ0n) is 21.0. The fourth-order valence-corrected chi connectivity index (χ4v) is 5.68. The molecule has 190 valence electrons. The highest BCUT2D eigenvalue weighted by molar-refractivity contribution is 7.13. The standard InChI is InChI=1S/C24H38N4O5S/c1-24(2,3)33-23(31)28-14-12-17(13-15-28)20-25-26-21(34-20)22(30)27(4)18-9-6-16(7-10-18)8-11-19(29)32-5/h16-18H,6-15H2,1-5H3/t16-,18-. The van der Waals surface area contributed by atoms with E-state index in [0.29, 0.717) is 30.4 Å². The van der Waals surface area contributed by atoms with E-state index in [9.17, 15) is 14.4 Å². The molecule has 1 aliphatic heterocycles. The Morgan fingerprint density at radius 2 is 1.71 bits per heavy atom. The molecule has 1 aliphatic carbocycles. The van der Waals surface area contributed by atoms with Crippen LogP contribution in [0.25, 0.3) is 0 Å². The van der Waals surface area contributed by atoms with Crippen LogP contribution in [-0.2, 0) is 14.3 Å². The lowest BCUT2D eigenvalue weighted by Gasteiger charge is -2.34.